The zero-order valence-electron chi connectivity index (χ0n) is 19.5. The first-order chi connectivity index (χ1) is 17.6. The molecule has 3 heterocycles. The van der Waals surface area contributed by atoms with Gasteiger partial charge in [0, 0.05) is 29.6 Å². The zero-order valence-corrected chi connectivity index (χ0v) is 19.5. The van der Waals surface area contributed by atoms with E-state index in [4.69, 9.17) is 0 Å². The van der Waals surface area contributed by atoms with Crippen molar-refractivity contribution in [3.8, 4) is 0 Å². The summed E-state index contributed by atoms with van der Waals surface area (Å²) in [5.41, 5.74) is 5.57. The van der Waals surface area contributed by atoms with E-state index in [0.717, 1.165) is 22.3 Å². The SMILES string of the molecule is F[B-]1(F)n2c(/C=C/c3ccccc3)ccc2C(c2ccccc2)=C2C=CC(/C=C/c3ccccc3)=[N+]21. The van der Waals surface area contributed by atoms with Crippen LogP contribution in [0.4, 0.5) is 8.63 Å². The number of allylic oxidation sites excluding steroid dienone is 3. The standard InChI is InChI=1S/C31H23BF2N2/c33-32(34)35-27(18-16-24-10-4-1-5-11-24)20-22-29(35)31(26-14-8-3-9-15-26)30-23-21-28(36(30)32)19-17-25-12-6-2-7-13-25/h1-23H/b18-16+,19-17+. The number of hydrogen-bond donors (Lipinski definition) is 0. The molecule has 0 saturated carbocycles. The van der Waals surface area contributed by atoms with Crippen molar-refractivity contribution in [3.05, 3.63) is 155 Å². The third-order valence-corrected chi connectivity index (χ3v) is 6.59. The van der Waals surface area contributed by atoms with E-state index in [2.05, 4.69) is 0 Å². The van der Waals surface area contributed by atoms with Crippen LogP contribution in [0.5, 0.6) is 0 Å². The molecule has 0 fully saturated rings. The summed E-state index contributed by atoms with van der Waals surface area (Å²) >= 11 is 0. The van der Waals surface area contributed by atoms with E-state index in [1.807, 2.05) is 103 Å². The number of rotatable bonds is 5. The van der Waals surface area contributed by atoms with Crippen LogP contribution in [0.25, 0.3) is 23.8 Å². The van der Waals surface area contributed by atoms with E-state index in [1.165, 1.54) is 8.96 Å². The predicted octanol–water partition coefficient (Wildman–Crippen LogP) is 7.39. The van der Waals surface area contributed by atoms with Gasteiger partial charge >= 0.3 is 6.97 Å². The lowest BCUT2D eigenvalue weighted by molar-refractivity contribution is -0.360. The van der Waals surface area contributed by atoms with E-state index in [1.54, 1.807) is 36.4 Å². The van der Waals surface area contributed by atoms with Crippen LogP contribution in [-0.2, 0) is 0 Å². The molecule has 1 aromatic heterocycles. The average molecular weight is 472 g/mol. The van der Waals surface area contributed by atoms with Crippen LogP contribution in [0.1, 0.15) is 28.1 Å². The summed E-state index contributed by atoms with van der Waals surface area (Å²) < 4.78 is 35.3. The van der Waals surface area contributed by atoms with Crippen molar-refractivity contribution in [2.45, 2.75) is 0 Å². The van der Waals surface area contributed by atoms with E-state index in [-0.39, 0.29) is 0 Å². The van der Waals surface area contributed by atoms with Crippen molar-refractivity contribution in [1.82, 2.24) is 4.48 Å². The fourth-order valence-corrected chi connectivity index (χ4v) is 4.94. The fourth-order valence-electron chi connectivity index (χ4n) is 4.94. The van der Waals surface area contributed by atoms with Crippen LogP contribution >= 0.6 is 0 Å². The van der Waals surface area contributed by atoms with Crippen LogP contribution in [0.15, 0.2) is 127 Å². The highest BCUT2D eigenvalue weighted by atomic mass is 19.2. The van der Waals surface area contributed by atoms with Crippen molar-refractivity contribution in [3.63, 3.8) is 0 Å². The third kappa shape index (κ3) is 3.79. The summed E-state index contributed by atoms with van der Waals surface area (Å²) in [5.74, 6) is 0. The van der Waals surface area contributed by atoms with Gasteiger partial charge in [-0.1, -0.05) is 97.1 Å². The molecule has 0 N–H and O–H groups in total. The predicted molar refractivity (Wildman–Crippen MR) is 146 cm³/mol. The summed E-state index contributed by atoms with van der Waals surface area (Å²) in [5, 5.41) is 0. The van der Waals surface area contributed by atoms with E-state index in [0.29, 0.717) is 22.8 Å². The second-order valence-corrected chi connectivity index (χ2v) is 8.84. The number of nitrogens with zero attached hydrogens (tertiary/aromatic N) is 2. The Hall–Kier alpha value is -4.51. The third-order valence-electron chi connectivity index (χ3n) is 6.59. The minimum atomic E-state index is -4.14. The van der Waals surface area contributed by atoms with Crippen molar-refractivity contribution in [1.29, 1.82) is 0 Å². The molecule has 0 aliphatic carbocycles. The lowest BCUT2D eigenvalue weighted by Crippen LogP contribution is -2.51. The van der Waals surface area contributed by atoms with Crippen LogP contribution in [0.3, 0.4) is 0 Å². The van der Waals surface area contributed by atoms with Gasteiger partial charge in [0.1, 0.15) is 0 Å². The molecule has 0 spiro atoms. The molecule has 3 aromatic carbocycles. The highest BCUT2D eigenvalue weighted by Crippen LogP contribution is 2.40. The molecule has 4 aromatic rings. The summed E-state index contributed by atoms with van der Waals surface area (Å²) in [4.78, 5) is 0. The first-order valence-corrected chi connectivity index (χ1v) is 12.0. The Morgan fingerprint density at radius 1 is 0.611 bits per heavy atom. The normalized spacial score (nSPS) is 16.3. The Balaban J connectivity index is 1.54. The Morgan fingerprint density at radius 2 is 1.19 bits per heavy atom. The average Bonchev–Trinajstić information content (AvgIpc) is 3.54. The van der Waals surface area contributed by atoms with E-state index in [9.17, 15) is 0 Å². The van der Waals surface area contributed by atoms with Crippen LogP contribution < -0.4 is 0 Å². The van der Waals surface area contributed by atoms with Crippen molar-refractivity contribution < 1.29 is 13.1 Å². The first kappa shape index (κ1) is 22.0. The lowest BCUT2D eigenvalue weighted by Gasteiger charge is -2.33. The van der Waals surface area contributed by atoms with E-state index >= 15 is 8.63 Å². The summed E-state index contributed by atoms with van der Waals surface area (Å²) in [6.45, 7) is -4.14. The van der Waals surface area contributed by atoms with Gasteiger partial charge in [-0.05, 0) is 41.0 Å². The molecule has 0 saturated heterocycles. The Kier molecular flexibility index (Phi) is 5.46. The first-order valence-electron chi connectivity index (χ1n) is 12.0. The second kappa shape index (κ2) is 8.93. The quantitative estimate of drug-likeness (QED) is 0.268. The highest BCUT2D eigenvalue weighted by Gasteiger charge is 2.54. The maximum Gasteiger partial charge on any atom is 0.737 e. The van der Waals surface area contributed by atoms with Crippen molar-refractivity contribution in [2.24, 2.45) is 0 Å². The van der Waals surface area contributed by atoms with Crippen molar-refractivity contribution in [2.75, 3.05) is 0 Å². The zero-order chi connectivity index (χ0) is 24.5. The lowest BCUT2D eigenvalue weighted by atomic mass is 9.85. The van der Waals surface area contributed by atoms with Crippen LogP contribution in [0, 0.1) is 0 Å². The Morgan fingerprint density at radius 3 is 1.83 bits per heavy atom. The molecule has 2 aliphatic heterocycles. The van der Waals surface area contributed by atoms with Gasteiger partial charge < -0.3 is 17.6 Å². The molecule has 0 radical (unpaired) electrons. The fraction of sp³-hybridized carbons (Fsp3) is 0. The van der Waals surface area contributed by atoms with Gasteiger partial charge in [0.15, 0.2) is 11.4 Å². The number of hydrogen-bond acceptors (Lipinski definition) is 0. The van der Waals surface area contributed by atoms with Gasteiger partial charge in [-0.3, -0.25) is 0 Å². The molecule has 174 valence electrons. The molecule has 0 bridgehead atoms. The molecule has 6 rings (SSSR count). The molecule has 36 heavy (non-hydrogen) atoms. The van der Waals surface area contributed by atoms with Gasteiger partial charge in [-0.25, -0.2) is 0 Å². The topological polar surface area (TPSA) is 7.94 Å². The summed E-state index contributed by atoms with van der Waals surface area (Å²) in [7, 11) is 0. The summed E-state index contributed by atoms with van der Waals surface area (Å²) in [6, 6.07) is 32.8. The Labute approximate surface area is 209 Å². The van der Waals surface area contributed by atoms with Crippen molar-refractivity contribution >= 4 is 36.5 Å². The number of aromatic nitrogens is 1. The smallest absolute Gasteiger partial charge is 0.390 e. The molecular formula is C31H23BF2N2. The minimum Gasteiger partial charge on any atom is -0.390 e. The molecule has 0 unspecified atom stereocenters. The number of halogens is 2. The van der Waals surface area contributed by atoms with Gasteiger partial charge in [0.2, 0.25) is 0 Å². The molecular weight excluding hydrogens is 449 g/mol. The van der Waals surface area contributed by atoms with E-state index < -0.39 is 6.97 Å². The number of benzene rings is 3. The van der Waals surface area contributed by atoms with Crippen LogP contribution in [-0.4, -0.2) is 21.6 Å². The Bertz CT molecular complexity index is 1580. The second-order valence-electron chi connectivity index (χ2n) is 8.84. The number of fused-ring (bicyclic) bond motifs is 2. The van der Waals surface area contributed by atoms with Gasteiger partial charge in [-0.15, -0.1) is 0 Å². The maximum atomic E-state index is 16.4. The van der Waals surface area contributed by atoms with Gasteiger partial charge in [0.25, 0.3) is 0 Å². The molecule has 0 atom stereocenters. The van der Waals surface area contributed by atoms with Gasteiger partial charge in [0.05, 0.1) is 5.57 Å². The minimum absolute atomic E-state index is 0.463. The molecule has 2 nitrogen and oxygen atoms in total. The molecule has 0 amide bonds. The molecule has 2 aliphatic rings. The monoisotopic (exact) mass is 472 g/mol. The maximum absolute atomic E-state index is 16.4. The van der Waals surface area contributed by atoms with Gasteiger partial charge in [-0.2, -0.15) is 0 Å². The summed E-state index contributed by atoms with van der Waals surface area (Å²) in [6.07, 6.45) is 10.9. The highest BCUT2D eigenvalue weighted by molar-refractivity contribution is 6.58. The van der Waals surface area contributed by atoms with Crippen LogP contribution in [0.2, 0.25) is 0 Å². The largest absolute Gasteiger partial charge is 0.737 e. The molecule has 5 heteroatoms.